The normalized spacial score (nSPS) is 12.9. The minimum absolute atomic E-state index is 0.132. The van der Waals surface area contributed by atoms with Crippen molar-refractivity contribution < 1.29 is 5.11 Å². The van der Waals surface area contributed by atoms with E-state index in [1.54, 1.807) is 6.07 Å². The van der Waals surface area contributed by atoms with Crippen LogP contribution in [0.2, 0.25) is 5.02 Å². The summed E-state index contributed by atoms with van der Waals surface area (Å²) in [6, 6.07) is 1.78. The monoisotopic (exact) mass is 213 g/mol. The minimum Gasteiger partial charge on any atom is -0.506 e. The average molecular weight is 214 g/mol. The third-order valence-electron chi connectivity index (χ3n) is 2.67. The Labute approximate surface area is 89.7 Å². The molecule has 1 unspecified atom stereocenters. The second-order valence-corrected chi connectivity index (χ2v) is 4.11. The summed E-state index contributed by atoms with van der Waals surface area (Å²) in [6.45, 7) is 6.45. The van der Waals surface area contributed by atoms with Crippen molar-refractivity contribution in [1.82, 2.24) is 0 Å². The molecule has 0 fully saturated rings. The van der Waals surface area contributed by atoms with Crippen LogP contribution in [0, 0.1) is 13.8 Å². The highest BCUT2D eigenvalue weighted by atomic mass is 35.5. The summed E-state index contributed by atoms with van der Waals surface area (Å²) in [5.41, 5.74) is 8.62. The van der Waals surface area contributed by atoms with Gasteiger partial charge in [-0.3, -0.25) is 0 Å². The Morgan fingerprint density at radius 3 is 2.57 bits per heavy atom. The maximum Gasteiger partial charge on any atom is 0.137 e. The lowest BCUT2D eigenvalue weighted by atomic mass is 9.92. The molecule has 0 saturated heterocycles. The topological polar surface area (TPSA) is 46.2 Å². The summed E-state index contributed by atoms with van der Waals surface area (Å²) >= 11 is 5.90. The van der Waals surface area contributed by atoms with E-state index in [2.05, 4.69) is 0 Å². The summed E-state index contributed by atoms with van der Waals surface area (Å²) in [4.78, 5) is 0. The number of aromatic hydroxyl groups is 1. The van der Waals surface area contributed by atoms with Gasteiger partial charge in [0.15, 0.2) is 0 Å². The molecule has 3 heteroatoms. The van der Waals surface area contributed by atoms with E-state index in [1.807, 2.05) is 20.8 Å². The molecule has 0 heterocycles. The molecule has 0 aromatic heterocycles. The Balaban J connectivity index is 3.39. The third-order valence-corrected chi connectivity index (χ3v) is 2.95. The molecule has 0 aliphatic heterocycles. The summed E-state index contributed by atoms with van der Waals surface area (Å²) < 4.78 is 0. The van der Waals surface area contributed by atoms with Crippen molar-refractivity contribution in [3.63, 3.8) is 0 Å². The summed E-state index contributed by atoms with van der Waals surface area (Å²) in [6.07, 6.45) is 0. The molecule has 1 atom stereocenters. The number of hydrogen-bond acceptors (Lipinski definition) is 2. The van der Waals surface area contributed by atoms with Crippen molar-refractivity contribution in [2.45, 2.75) is 26.7 Å². The molecule has 1 aromatic rings. The van der Waals surface area contributed by atoms with Gasteiger partial charge in [-0.25, -0.2) is 0 Å². The molecule has 1 aromatic carbocycles. The van der Waals surface area contributed by atoms with Crippen molar-refractivity contribution in [2.75, 3.05) is 6.54 Å². The summed E-state index contributed by atoms with van der Waals surface area (Å²) in [5, 5.41) is 10.2. The fourth-order valence-electron chi connectivity index (χ4n) is 1.61. The van der Waals surface area contributed by atoms with Crippen molar-refractivity contribution in [1.29, 1.82) is 0 Å². The van der Waals surface area contributed by atoms with E-state index in [1.165, 1.54) is 0 Å². The molecular weight excluding hydrogens is 198 g/mol. The van der Waals surface area contributed by atoms with Gasteiger partial charge in [0.25, 0.3) is 0 Å². The van der Waals surface area contributed by atoms with Crippen LogP contribution in [0.3, 0.4) is 0 Å². The number of halogens is 1. The van der Waals surface area contributed by atoms with Crippen molar-refractivity contribution >= 4 is 11.6 Å². The van der Waals surface area contributed by atoms with Crippen molar-refractivity contribution in [2.24, 2.45) is 5.73 Å². The van der Waals surface area contributed by atoms with E-state index in [-0.39, 0.29) is 11.7 Å². The number of benzene rings is 1. The average Bonchev–Trinajstić information content (AvgIpc) is 2.15. The van der Waals surface area contributed by atoms with Gasteiger partial charge in [0, 0.05) is 5.56 Å². The smallest absolute Gasteiger partial charge is 0.137 e. The fraction of sp³-hybridized carbons (Fsp3) is 0.455. The standard InChI is InChI=1S/C11H16ClNO/c1-6-4-9(12)11(14)10(8(6)3)7(2)5-13/h4,7,14H,5,13H2,1-3H3. The Morgan fingerprint density at radius 1 is 1.50 bits per heavy atom. The molecule has 0 radical (unpaired) electrons. The maximum atomic E-state index is 9.82. The first-order chi connectivity index (χ1) is 6.49. The molecule has 2 nitrogen and oxygen atoms in total. The molecule has 1 rings (SSSR count). The molecule has 0 amide bonds. The van der Waals surface area contributed by atoms with Crippen molar-refractivity contribution in [3.05, 3.63) is 27.8 Å². The van der Waals surface area contributed by atoms with Gasteiger partial charge in [-0.15, -0.1) is 0 Å². The van der Waals surface area contributed by atoms with E-state index in [0.717, 1.165) is 16.7 Å². The molecule has 0 bridgehead atoms. The number of phenolic OH excluding ortho intramolecular Hbond substituents is 1. The highest BCUT2D eigenvalue weighted by Gasteiger charge is 2.16. The van der Waals surface area contributed by atoms with Crippen LogP contribution in [0.25, 0.3) is 0 Å². The number of aryl methyl sites for hydroxylation is 1. The lowest BCUT2D eigenvalue weighted by Crippen LogP contribution is -2.11. The van der Waals surface area contributed by atoms with Crippen LogP contribution in [-0.2, 0) is 0 Å². The first-order valence-electron chi connectivity index (χ1n) is 4.67. The van der Waals surface area contributed by atoms with Gasteiger partial charge in [-0.05, 0) is 43.5 Å². The van der Waals surface area contributed by atoms with Crippen LogP contribution in [0.5, 0.6) is 5.75 Å². The number of phenols is 1. The van der Waals surface area contributed by atoms with Crippen LogP contribution in [0.4, 0.5) is 0 Å². The number of nitrogens with two attached hydrogens (primary N) is 1. The van der Waals surface area contributed by atoms with Crippen LogP contribution in [-0.4, -0.2) is 11.7 Å². The second-order valence-electron chi connectivity index (χ2n) is 3.70. The zero-order valence-corrected chi connectivity index (χ0v) is 9.52. The second kappa shape index (κ2) is 4.20. The molecule has 0 saturated carbocycles. The first-order valence-corrected chi connectivity index (χ1v) is 5.05. The Kier molecular flexibility index (Phi) is 3.40. The number of hydrogen-bond donors (Lipinski definition) is 2. The van der Waals surface area contributed by atoms with Gasteiger partial charge in [-0.2, -0.15) is 0 Å². The first kappa shape index (κ1) is 11.3. The van der Waals surface area contributed by atoms with Crippen LogP contribution < -0.4 is 5.73 Å². The predicted octanol–water partition coefficient (Wildman–Crippen LogP) is 2.72. The van der Waals surface area contributed by atoms with E-state index in [4.69, 9.17) is 17.3 Å². The third kappa shape index (κ3) is 1.86. The molecule has 78 valence electrons. The highest BCUT2D eigenvalue weighted by molar-refractivity contribution is 6.32. The molecule has 14 heavy (non-hydrogen) atoms. The molecule has 0 aliphatic carbocycles. The van der Waals surface area contributed by atoms with E-state index in [9.17, 15) is 5.11 Å². The van der Waals surface area contributed by atoms with Crippen LogP contribution >= 0.6 is 11.6 Å². The largest absolute Gasteiger partial charge is 0.506 e. The molecule has 0 spiro atoms. The molecular formula is C11H16ClNO. The van der Waals surface area contributed by atoms with Gasteiger partial charge >= 0.3 is 0 Å². The Hall–Kier alpha value is -0.730. The van der Waals surface area contributed by atoms with Gasteiger partial charge in [0.2, 0.25) is 0 Å². The zero-order valence-electron chi connectivity index (χ0n) is 8.76. The Morgan fingerprint density at radius 2 is 2.07 bits per heavy atom. The van der Waals surface area contributed by atoms with E-state index in [0.29, 0.717) is 11.6 Å². The minimum atomic E-state index is 0.132. The fourth-order valence-corrected chi connectivity index (χ4v) is 1.87. The maximum absolute atomic E-state index is 9.82. The van der Waals surface area contributed by atoms with Crippen molar-refractivity contribution in [3.8, 4) is 5.75 Å². The predicted molar refractivity (Wildman–Crippen MR) is 60.1 cm³/mol. The zero-order chi connectivity index (χ0) is 10.9. The van der Waals surface area contributed by atoms with Gasteiger partial charge in [0.05, 0.1) is 5.02 Å². The summed E-state index contributed by atoms with van der Waals surface area (Å²) in [7, 11) is 0. The SMILES string of the molecule is Cc1cc(Cl)c(O)c(C(C)CN)c1C. The molecule has 0 aliphatic rings. The Bertz CT molecular complexity index is 323. The summed E-state index contributed by atoms with van der Waals surface area (Å²) in [5.74, 6) is 0.306. The lowest BCUT2D eigenvalue weighted by molar-refractivity contribution is 0.462. The van der Waals surface area contributed by atoms with E-state index >= 15 is 0 Å². The number of rotatable bonds is 2. The van der Waals surface area contributed by atoms with Crippen LogP contribution in [0.1, 0.15) is 29.5 Å². The lowest BCUT2D eigenvalue weighted by Gasteiger charge is -2.17. The van der Waals surface area contributed by atoms with Gasteiger partial charge in [-0.1, -0.05) is 18.5 Å². The van der Waals surface area contributed by atoms with Crippen LogP contribution in [0.15, 0.2) is 6.07 Å². The highest BCUT2D eigenvalue weighted by Crippen LogP contribution is 2.36. The quantitative estimate of drug-likeness (QED) is 0.794. The van der Waals surface area contributed by atoms with Gasteiger partial charge in [0.1, 0.15) is 5.75 Å². The van der Waals surface area contributed by atoms with E-state index < -0.39 is 0 Å². The molecule has 3 N–H and O–H groups in total. The van der Waals surface area contributed by atoms with Gasteiger partial charge < -0.3 is 10.8 Å².